The van der Waals surface area contributed by atoms with E-state index in [1.165, 1.54) is 18.2 Å². The summed E-state index contributed by atoms with van der Waals surface area (Å²) in [5.41, 5.74) is 5.59. The summed E-state index contributed by atoms with van der Waals surface area (Å²) in [5.74, 6) is 0.529. The minimum Gasteiger partial charge on any atom is -0.396 e. The third-order valence-corrected chi connectivity index (χ3v) is 4.49. The van der Waals surface area contributed by atoms with Crippen molar-refractivity contribution in [3.8, 4) is 0 Å². The van der Waals surface area contributed by atoms with Gasteiger partial charge in [0.05, 0.1) is 15.7 Å². The van der Waals surface area contributed by atoms with E-state index in [1.54, 1.807) is 6.92 Å². The van der Waals surface area contributed by atoms with Gasteiger partial charge in [0.25, 0.3) is 10.0 Å². The van der Waals surface area contributed by atoms with Crippen molar-refractivity contribution < 1.29 is 12.9 Å². The largest absolute Gasteiger partial charge is 0.396 e. The number of benzene rings is 1. The van der Waals surface area contributed by atoms with Crippen LogP contribution in [-0.2, 0) is 10.0 Å². The zero-order chi connectivity index (χ0) is 14.2. The zero-order valence-corrected chi connectivity index (χ0v) is 12.0. The predicted octanol–water partition coefficient (Wildman–Crippen LogP) is 2.67. The molecule has 6 nitrogen and oxygen atoms in total. The molecule has 0 unspecified atom stereocenters. The molecule has 0 aliphatic carbocycles. The summed E-state index contributed by atoms with van der Waals surface area (Å²) in [6, 6.07) is 4.05. The Kier molecular flexibility index (Phi) is 3.62. The molecular weight excluding hydrogens is 313 g/mol. The number of aryl methyl sites for hydroxylation is 1. The number of nitrogens with zero attached hydrogens (tertiary/aromatic N) is 1. The Balaban J connectivity index is 2.43. The number of nitrogens with two attached hydrogens (primary N) is 1. The molecule has 0 spiro atoms. The van der Waals surface area contributed by atoms with Crippen LogP contribution in [0.3, 0.4) is 0 Å². The van der Waals surface area contributed by atoms with Gasteiger partial charge in [-0.1, -0.05) is 28.4 Å². The molecule has 0 fully saturated rings. The lowest BCUT2D eigenvalue weighted by atomic mass is 10.3. The van der Waals surface area contributed by atoms with Gasteiger partial charge in [0, 0.05) is 6.07 Å². The normalized spacial score (nSPS) is 11.5. The molecule has 9 heteroatoms. The number of aromatic nitrogens is 1. The van der Waals surface area contributed by atoms with Crippen LogP contribution in [0.1, 0.15) is 5.76 Å². The van der Waals surface area contributed by atoms with Crippen LogP contribution in [0.5, 0.6) is 0 Å². The number of halogens is 2. The number of hydrogen-bond acceptors (Lipinski definition) is 5. The first kappa shape index (κ1) is 14.0. The van der Waals surface area contributed by atoms with Gasteiger partial charge in [-0.3, -0.25) is 4.72 Å². The van der Waals surface area contributed by atoms with Gasteiger partial charge in [0.2, 0.25) is 0 Å². The molecule has 0 amide bonds. The van der Waals surface area contributed by atoms with E-state index in [9.17, 15) is 8.42 Å². The summed E-state index contributed by atoms with van der Waals surface area (Å²) < 4.78 is 31.2. The molecule has 19 heavy (non-hydrogen) atoms. The Morgan fingerprint density at radius 1 is 1.37 bits per heavy atom. The van der Waals surface area contributed by atoms with Crippen molar-refractivity contribution in [3.63, 3.8) is 0 Å². The van der Waals surface area contributed by atoms with E-state index in [2.05, 4.69) is 9.88 Å². The van der Waals surface area contributed by atoms with Gasteiger partial charge >= 0.3 is 0 Å². The third kappa shape index (κ3) is 2.78. The van der Waals surface area contributed by atoms with Gasteiger partial charge in [0.15, 0.2) is 5.82 Å². The minimum atomic E-state index is -3.91. The molecule has 2 rings (SSSR count). The van der Waals surface area contributed by atoms with Crippen molar-refractivity contribution in [2.24, 2.45) is 0 Å². The molecule has 1 aromatic heterocycles. The van der Waals surface area contributed by atoms with Crippen LogP contribution in [0.15, 0.2) is 27.6 Å². The molecule has 0 radical (unpaired) electrons. The van der Waals surface area contributed by atoms with Gasteiger partial charge in [-0.15, -0.1) is 0 Å². The van der Waals surface area contributed by atoms with Crippen LogP contribution in [0.25, 0.3) is 0 Å². The van der Waals surface area contributed by atoms with Crippen molar-refractivity contribution in [3.05, 3.63) is 34.0 Å². The summed E-state index contributed by atoms with van der Waals surface area (Å²) in [4.78, 5) is -0.184. The number of nitrogen functional groups attached to an aromatic ring is 1. The van der Waals surface area contributed by atoms with E-state index >= 15 is 0 Å². The molecule has 0 aliphatic heterocycles. The molecule has 1 aromatic carbocycles. The minimum absolute atomic E-state index is 0.00235. The smallest absolute Gasteiger partial charge is 0.264 e. The Labute approximate surface area is 119 Å². The first-order valence-electron chi connectivity index (χ1n) is 5.01. The number of rotatable bonds is 3. The zero-order valence-electron chi connectivity index (χ0n) is 9.65. The molecule has 0 saturated heterocycles. The van der Waals surface area contributed by atoms with Gasteiger partial charge in [-0.2, -0.15) is 0 Å². The van der Waals surface area contributed by atoms with Crippen LogP contribution < -0.4 is 10.5 Å². The summed E-state index contributed by atoms with van der Waals surface area (Å²) in [6.45, 7) is 1.64. The topological polar surface area (TPSA) is 98.2 Å². The fourth-order valence-corrected chi connectivity index (χ4v) is 3.11. The van der Waals surface area contributed by atoms with E-state index in [-0.39, 0.29) is 26.4 Å². The first-order chi connectivity index (χ1) is 8.81. The second-order valence-electron chi connectivity index (χ2n) is 3.70. The summed E-state index contributed by atoms with van der Waals surface area (Å²) in [6.07, 6.45) is 0. The van der Waals surface area contributed by atoms with Gasteiger partial charge in [-0.05, 0) is 19.1 Å². The lowest BCUT2D eigenvalue weighted by Gasteiger charge is -2.09. The highest BCUT2D eigenvalue weighted by molar-refractivity contribution is 7.92. The molecule has 3 N–H and O–H groups in total. The molecule has 1 heterocycles. The maximum absolute atomic E-state index is 12.1. The van der Waals surface area contributed by atoms with E-state index in [4.69, 9.17) is 33.5 Å². The third-order valence-electron chi connectivity index (χ3n) is 2.25. The highest BCUT2D eigenvalue weighted by atomic mass is 35.5. The van der Waals surface area contributed by atoms with E-state index in [1.807, 2.05) is 0 Å². The highest BCUT2D eigenvalue weighted by Crippen LogP contribution is 2.33. The summed E-state index contributed by atoms with van der Waals surface area (Å²) in [7, 11) is -3.91. The van der Waals surface area contributed by atoms with Crippen molar-refractivity contribution in [1.29, 1.82) is 0 Å². The number of sulfonamides is 1. The average molecular weight is 322 g/mol. The van der Waals surface area contributed by atoms with Gasteiger partial charge in [-0.25, -0.2) is 8.42 Å². The molecule has 0 aliphatic rings. The highest BCUT2D eigenvalue weighted by Gasteiger charge is 2.22. The molecule has 0 atom stereocenters. The maximum Gasteiger partial charge on any atom is 0.264 e. The fourth-order valence-electron chi connectivity index (χ4n) is 1.36. The Morgan fingerprint density at radius 3 is 2.63 bits per heavy atom. The van der Waals surface area contributed by atoms with Crippen molar-refractivity contribution in [2.45, 2.75) is 11.8 Å². The summed E-state index contributed by atoms with van der Waals surface area (Å²) >= 11 is 11.6. The van der Waals surface area contributed by atoms with Gasteiger partial charge < -0.3 is 10.3 Å². The van der Waals surface area contributed by atoms with Crippen molar-refractivity contribution >= 4 is 44.7 Å². The Hall–Kier alpha value is -1.44. The van der Waals surface area contributed by atoms with Crippen LogP contribution in [-0.4, -0.2) is 13.6 Å². The monoisotopic (exact) mass is 321 g/mol. The predicted molar refractivity (Wildman–Crippen MR) is 72.9 cm³/mol. The van der Waals surface area contributed by atoms with Crippen LogP contribution >= 0.6 is 23.2 Å². The molecular formula is C10H9Cl2N3O3S. The van der Waals surface area contributed by atoms with Crippen molar-refractivity contribution in [2.75, 3.05) is 10.5 Å². The van der Waals surface area contributed by atoms with Crippen LogP contribution in [0.2, 0.25) is 10.0 Å². The summed E-state index contributed by atoms with van der Waals surface area (Å²) in [5, 5.41) is 3.57. The quantitative estimate of drug-likeness (QED) is 0.847. The van der Waals surface area contributed by atoms with Crippen LogP contribution in [0, 0.1) is 6.92 Å². The van der Waals surface area contributed by atoms with E-state index in [0.29, 0.717) is 5.76 Å². The number of nitrogens with one attached hydrogen (secondary N) is 1. The standard InChI is InChI=1S/C10H9Cl2N3O3S/c1-5-4-8(14-18-5)15-19(16,17)7-3-2-6(11)10(13)9(7)12/h2-4H,13H2,1H3,(H,14,15). The van der Waals surface area contributed by atoms with Crippen LogP contribution in [0.4, 0.5) is 11.5 Å². The lowest BCUT2D eigenvalue weighted by Crippen LogP contribution is -2.14. The van der Waals surface area contributed by atoms with Gasteiger partial charge in [0.1, 0.15) is 10.7 Å². The van der Waals surface area contributed by atoms with E-state index < -0.39 is 10.0 Å². The molecule has 2 aromatic rings. The molecule has 0 bridgehead atoms. The number of anilines is 2. The van der Waals surface area contributed by atoms with Crippen molar-refractivity contribution in [1.82, 2.24) is 5.16 Å². The first-order valence-corrected chi connectivity index (χ1v) is 7.25. The second kappa shape index (κ2) is 4.92. The molecule has 102 valence electrons. The Bertz CT molecular complexity index is 728. The SMILES string of the molecule is Cc1cc(NS(=O)(=O)c2ccc(Cl)c(N)c2Cl)no1. The Morgan fingerprint density at radius 2 is 2.05 bits per heavy atom. The average Bonchev–Trinajstić information content (AvgIpc) is 2.70. The molecule has 0 saturated carbocycles. The fraction of sp³-hybridized carbons (Fsp3) is 0.100. The van der Waals surface area contributed by atoms with E-state index in [0.717, 1.165) is 0 Å². The maximum atomic E-state index is 12.1. The lowest BCUT2D eigenvalue weighted by molar-refractivity contribution is 0.400. The number of hydrogen-bond donors (Lipinski definition) is 2. The second-order valence-corrected chi connectivity index (χ2v) is 6.14.